The van der Waals surface area contributed by atoms with E-state index in [1.54, 1.807) is 6.07 Å². The Labute approximate surface area is 134 Å². The molecule has 0 amide bonds. The van der Waals surface area contributed by atoms with Crippen molar-refractivity contribution in [3.63, 3.8) is 0 Å². The lowest BCUT2D eigenvalue weighted by Crippen LogP contribution is -2.31. The minimum absolute atomic E-state index is 0.322. The highest BCUT2D eigenvalue weighted by Gasteiger charge is 2.37. The van der Waals surface area contributed by atoms with Gasteiger partial charge in [-0.25, -0.2) is 4.79 Å². The number of hydrogen-bond donors (Lipinski definition) is 1. The summed E-state index contributed by atoms with van der Waals surface area (Å²) < 4.78 is 16.3. The first-order valence-corrected chi connectivity index (χ1v) is 7.88. The molecule has 0 saturated carbocycles. The van der Waals surface area contributed by atoms with E-state index < -0.39 is 5.79 Å². The number of fused-ring (bicyclic) bond motifs is 1. The molecular formula is C18H19NO4. The number of rotatable bonds is 2. The first kappa shape index (κ1) is 14.5. The first-order chi connectivity index (χ1) is 11.2. The van der Waals surface area contributed by atoms with Gasteiger partial charge < -0.3 is 19.2 Å². The van der Waals surface area contributed by atoms with Crippen molar-refractivity contribution < 1.29 is 19.0 Å². The molecule has 1 aromatic carbocycles. The maximum absolute atomic E-state index is 11.6. The molecule has 1 spiro atoms. The molecule has 1 fully saturated rings. The van der Waals surface area contributed by atoms with Crippen LogP contribution in [-0.4, -0.2) is 37.1 Å². The number of esters is 1. The van der Waals surface area contributed by atoms with Crippen LogP contribution >= 0.6 is 0 Å². The number of benzene rings is 1. The third kappa shape index (κ3) is 2.46. The van der Waals surface area contributed by atoms with Gasteiger partial charge in [0.1, 0.15) is 0 Å². The van der Waals surface area contributed by atoms with Crippen LogP contribution in [0, 0.1) is 0 Å². The highest BCUT2D eigenvalue weighted by molar-refractivity contribution is 5.98. The van der Waals surface area contributed by atoms with Crippen LogP contribution in [0.3, 0.4) is 0 Å². The van der Waals surface area contributed by atoms with Gasteiger partial charge in [-0.1, -0.05) is 12.1 Å². The van der Waals surface area contributed by atoms with E-state index in [0.717, 1.165) is 30.2 Å². The summed E-state index contributed by atoms with van der Waals surface area (Å²) in [5.74, 6) is -0.717. The van der Waals surface area contributed by atoms with E-state index in [4.69, 9.17) is 14.2 Å². The monoisotopic (exact) mass is 313 g/mol. The summed E-state index contributed by atoms with van der Waals surface area (Å²) in [6, 6.07) is 5.61. The van der Waals surface area contributed by atoms with Gasteiger partial charge in [0.25, 0.3) is 0 Å². The third-order valence-corrected chi connectivity index (χ3v) is 4.70. The Morgan fingerprint density at radius 2 is 2.13 bits per heavy atom. The number of ether oxygens (including phenoxy) is 3. The van der Waals surface area contributed by atoms with Crippen molar-refractivity contribution in [3.8, 4) is 0 Å². The molecule has 2 aliphatic rings. The number of carbonyl (C=O) groups excluding carboxylic acids is 1. The van der Waals surface area contributed by atoms with Gasteiger partial charge in [0.2, 0.25) is 0 Å². The van der Waals surface area contributed by atoms with E-state index in [2.05, 4.69) is 11.1 Å². The van der Waals surface area contributed by atoms with Crippen LogP contribution in [0.1, 0.15) is 35.2 Å². The molecule has 0 unspecified atom stereocenters. The van der Waals surface area contributed by atoms with Gasteiger partial charge in [-0.15, -0.1) is 0 Å². The number of carbonyl (C=O) groups is 1. The molecule has 5 nitrogen and oxygen atoms in total. The summed E-state index contributed by atoms with van der Waals surface area (Å²) in [6.45, 7) is 1.37. The van der Waals surface area contributed by atoms with Crippen molar-refractivity contribution in [2.24, 2.45) is 0 Å². The zero-order chi connectivity index (χ0) is 15.9. The summed E-state index contributed by atoms with van der Waals surface area (Å²) >= 11 is 0. The normalized spacial score (nSPS) is 20.0. The molecule has 5 heteroatoms. The number of nitrogens with one attached hydrogen (secondary N) is 1. The third-order valence-electron chi connectivity index (χ3n) is 4.70. The average molecular weight is 313 g/mol. The van der Waals surface area contributed by atoms with Gasteiger partial charge in [0, 0.05) is 35.5 Å². The summed E-state index contributed by atoms with van der Waals surface area (Å²) in [5, 5.41) is 1.12. The van der Waals surface area contributed by atoms with Crippen molar-refractivity contribution >= 4 is 22.4 Å². The molecule has 1 N–H and O–H groups in total. The fourth-order valence-electron chi connectivity index (χ4n) is 3.45. The standard InChI is InChI=1S/C18H19NO4/c1-21-17(20)13-2-3-14-15(11-19-16(14)10-13)12-4-6-18(7-5-12)22-8-9-23-18/h2-4,10-11,19H,5-9H2,1H3. The van der Waals surface area contributed by atoms with Crippen molar-refractivity contribution in [2.45, 2.75) is 25.0 Å². The number of aromatic amines is 1. The van der Waals surface area contributed by atoms with Gasteiger partial charge in [-0.05, 0) is 24.1 Å². The van der Waals surface area contributed by atoms with E-state index >= 15 is 0 Å². The Kier molecular flexibility index (Phi) is 3.47. The van der Waals surface area contributed by atoms with Crippen LogP contribution in [0.2, 0.25) is 0 Å². The molecule has 2 aromatic rings. The first-order valence-electron chi connectivity index (χ1n) is 7.88. The lowest BCUT2D eigenvalue weighted by molar-refractivity contribution is -0.159. The van der Waals surface area contributed by atoms with E-state index in [1.165, 1.54) is 18.2 Å². The fourth-order valence-corrected chi connectivity index (χ4v) is 3.45. The predicted octanol–water partition coefficient (Wildman–Crippen LogP) is 3.26. The number of methoxy groups -OCH3 is 1. The summed E-state index contributed by atoms with van der Waals surface area (Å²) in [7, 11) is 1.39. The number of aromatic nitrogens is 1. The molecule has 1 aliphatic carbocycles. The highest BCUT2D eigenvalue weighted by atomic mass is 16.7. The van der Waals surface area contributed by atoms with Crippen molar-refractivity contribution in [3.05, 3.63) is 41.6 Å². The van der Waals surface area contributed by atoms with E-state index in [-0.39, 0.29) is 5.97 Å². The Hall–Kier alpha value is -2.11. The van der Waals surface area contributed by atoms with Crippen LogP contribution in [0.5, 0.6) is 0 Å². The molecule has 23 heavy (non-hydrogen) atoms. The van der Waals surface area contributed by atoms with Crippen LogP contribution in [0.4, 0.5) is 0 Å². The summed E-state index contributed by atoms with van der Waals surface area (Å²) in [4.78, 5) is 14.9. The van der Waals surface area contributed by atoms with Crippen molar-refractivity contribution in [2.75, 3.05) is 20.3 Å². The lowest BCUT2D eigenvalue weighted by atomic mass is 9.89. The zero-order valence-corrected chi connectivity index (χ0v) is 13.1. The second-order valence-electron chi connectivity index (χ2n) is 6.00. The van der Waals surface area contributed by atoms with Crippen molar-refractivity contribution in [1.82, 2.24) is 4.98 Å². The van der Waals surface area contributed by atoms with Gasteiger partial charge in [0.15, 0.2) is 5.79 Å². The Bertz CT molecular complexity index is 783. The van der Waals surface area contributed by atoms with Crippen LogP contribution in [0.25, 0.3) is 16.5 Å². The molecule has 0 bridgehead atoms. The minimum Gasteiger partial charge on any atom is -0.465 e. The average Bonchev–Trinajstić information content (AvgIpc) is 3.22. The lowest BCUT2D eigenvalue weighted by Gasteiger charge is -2.30. The minimum atomic E-state index is -0.395. The predicted molar refractivity (Wildman–Crippen MR) is 86.1 cm³/mol. The second-order valence-corrected chi connectivity index (χ2v) is 6.00. The van der Waals surface area contributed by atoms with E-state index in [1.807, 2.05) is 18.3 Å². The molecule has 1 saturated heterocycles. The highest BCUT2D eigenvalue weighted by Crippen LogP contribution is 2.39. The SMILES string of the molecule is COC(=O)c1ccc2c(C3=CCC4(CC3)OCCO4)c[nH]c2c1. The molecular weight excluding hydrogens is 294 g/mol. The van der Waals surface area contributed by atoms with Gasteiger partial charge in [0.05, 0.1) is 25.9 Å². The molecule has 120 valence electrons. The summed E-state index contributed by atoms with van der Waals surface area (Å²) in [6.07, 6.45) is 6.81. The van der Waals surface area contributed by atoms with Gasteiger partial charge in [-0.2, -0.15) is 0 Å². The topological polar surface area (TPSA) is 60.6 Å². The quantitative estimate of drug-likeness (QED) is 0.865. The largest absolute Gasteiger partial charge is 0.465 e. The molecule has 4 rings (SSSR count). The smallest absolute Gasteiger partial charge is 0.337 e. The van der Waals surface area contributed by atoms with E-state index in [0.29, 0.717) is 18.8 Å². The molecule has 2 heterocycles. The Balaban J connectivity index is 1.65. The van der Waals surface area contributed by atoms with Crippen LogP contribution in [-0.2, 0) is 14.2 Å². The number of allylic oxidation sites excluding steroid dienone is 1. The molecule has 1 aliphatic heterocycles. The van der Waals surface area contributed by atoms with Crippen LogP contribution < -0.4 is 0 Å². The maximum Gasteiger partial charge on any atom is 0.337 e. The van der Waals surface area contributed by atoms with Gasteiger partial charge >= 0.3 is 5.97 Å². The zero-order valence-electron chi connectivity index (χ0n) is 13.1. The number of hydrogen-bond acceptors (Lipinski definition) is 4. The molecule has 0 radical (unpaired) electrons. The van der Waals surface area contributed by atoms with Crippen LogP contribution in [0.15, 0.2) is 30.5 Å². The van der Waals surface area contributed by atoms with Gasteiger partial charge in [-0.3, -0.25) is 0 Å². The second kappa shape index (κ2) is 5.51. The Morgan fingerprint density at radius 3 is 2.83 bits per heavy atom. The molecule has 0 atom stereocenters. The summed E-state index contributed by atoms with van der Waals surface area (Å²) in [5.41, 5.74) is 3.98. The Morgan fingerprint density at radius 1 is 1.30 bits per heavy atom. The maximum atomic E-state index is 11.6. The van der Waals surface area contributed by atoms with E-state index in [9.17, 15) is 4.79 Å². The fraction of sp³-hybridized carbons (Fsp3) is 0.389. The number of H-pyrrole nitrogens is 1. The van der Waals surface area contributed by atoms with Crippen molar-refractivity contribution in [1.29, 1.82) is 0 Å². The molecule has 1 aromatic heterocycles.